The van der Waals surface area contributed by atoms with E-state index >= 15 is 0 Å². The molecule has 1 N–H and O–H groups in total. The van der Waals surface area contributed by atoms with Crippen molar-refractivity contribution in [3.63, 3.8) is 0 Å². The zero-order valence-corrected chi connectivity index (χ0v) is 14.6. The van der Waals surface area contributed by atoms with Gasteiger partial charge in [-0.1, -0.05) is 6.92 Å². The number of hydrogen-bond donors (Lipinski definition) is 1. The second-order valence-corrected chi connectivity index (χ2v) is 6.84. The van der Waals surface area contributed by atoms with E-state index in [0.29, 0.717) is 25.9 Å². The molecule has 0 bridgehead atoms. The topological polar surface area (TPSA) is 52.7 Å². The average Bonchev–Trinajstić information content (AvgIpc) is 3.43. The SMILES string of the molecule is CCN1CCN(C(=O)C2(C(=O)Nc3ccc(C(F)(F)F)cc3)CC2)CC1. The number of alkyl halides is 3. The molecular weight excluding hydrogens is 347 g/mol. The minimum Gasteiger partial charge on any atom is -0.339 e. The fourth-order valence-corrected chi connectivity index (χ4v) is 3.23. The van der Waals surface area contributed by atoms with Crippen molar-refractivity contribution >= 4 is 17.5 Å². The standard InChI is InChI=1S/C18H22F3N3O2/c1-2-23-9-11-24(12-10-23)16(26)17(7-8-17)15(25)22-14-5-3-13(4-6-14)18(19,20)21/h3-6H,2,7-12H2,1H3,(H,22,25). The highest BCUT2D eigenvalue weighted by atomic mass is 19.4. The Morgan fingerprint density at radius 2 is 1.65 bits per heavy atom. The summed E-state index contributed by atoms with van der Waals surface area (Å²) in [6.07, 6.45) is -3.46. The van der Waals surface area contributed by atoms with Gasteiger partial charge in [-0.25, -0.2) is 0 Å². The van der Waals surface area contributed by atoms with Crippen LogP contribution >= 0.6 is 0 Å². The predicted octanol–water partition coefficient (Wildman–Crippen LogP) is 2.59. The second-order valence-electron chi connectivity index (χ2n) is 6.84. The van der Waals surface area contributed by atoms with Crippen LogP contribution < -0.4 is 5.32 Å². The van der Waals surface area contributed by atoms with Gasteiger partial charge in [-0.3, -0.25) is 9.59 Å². The number of likely N-dealkylation sites (N-methyl/N-ethyl adjacent to an activating group) is 1. The molecule has 2 amide bonds. The maximum atomic E-state index is 12.8. The molecule has 2 aliphatic rings. The van der Waals surface area contributed by atoms with Gasteiger partial charge in [0.2, 0.25) is 11.8 Å². The highest BCUT2D eigenvalue weighted by Crippen LogP contribution is 2.48. The van der Waals surface area contributed by atoms with Gasteiger partial charge in [-0.05, 0) is 43.7 Å². The molecule has 142 valence electrons. The molecule has 1 saturated heterocycles. The molecule has 1 aliphatic carbocycles. The van der Waals surface area contributed by atoms with Crippen LogP contribution in [-0.2, 0) is 15.8 Å². The Labute approximate surface area is 150 Å². The zero-order valence-electron chi connectivity index (χ0n) is 14.6. The summed E-state index contributed by atoms with van der Waals surface area (Å²) in [5, 5.41) is 2.60. The van der Waals surface area contributed by atoms with Crippen molar-refractivity contribution in [1.29, 1.82) is 0 Å². The normalized spacial score (nSPS) is 19.9. The highest BCUT2D eigenvalue weighted by Gasteiger charge is 2.58. The summed E-state index contributed by atoms with van der Waals surface area (Å²) in [7, 11) is 0. The van der Waals surface area contributed by atoms with Crippen LogP contribution in [0.1, 0.15) is 25.3 Å². The van der Waals surface area contributed by atoms with Crippen molar-refractivity contribution in [2.24, 2.45) is 5.41 Å². The van der Waals surface area contributed by atoms with Gasteiger partial charge in [-0.2, -0.15) is 13.2 Å². The lowest BCUT2D eigenvalue weighted by Crippen LogP contribution is -2.52. The molecule has 1 aliphatic heterocycles. The summed E-state index contributed by atoms with van der Waals surface area (Å²) in [6, 6.07) is 4.25. The molecule has 0 aromatic heterocycles. The van der Waals surface area contributed by atoms with Crippen molar-refractivity contribution < 1.29 is 22.8 Å². The number of benzene rings is 1. The van der Waals surface area contributed by atoms with Crippen molar-refractivity contribution in [1.82, 2.24) is 9.80 Å². The molecule has 5 nitrogen and oxygen atoms in total. The minimum absolute atomic E-state index is 0.169. The largest absolute Gasteiger partial charge is 0.416 e. The molecule has 8 heteroatoms. The van der Waals surface area contributed by atoms with Gasteiger partial charge < -0.3 is 15.1 Å². The first-order valence-corrected chi connectivity index (χ1v) is 8.77. The van der Waals surface area contributed by atoms with Gasteiger partial charge in [0.1, 0.15) is 5.41 Å². The molecule has 1 aromatic carbocycles. The smallest absolute Gasteiger partial charge is 0.339 e. The maximum Gasteiger partial charge on any atom is 0.416 e. The Balaban J connectivity index is 1.63. The molecule has 1 heterocycles. The van der Waals surface area contributed by atoms with E-state index < -0.39 is 23.1 Å². The van der Waals surface area contributed by atoms with Gasteiger partial charge in [0, 0.05) is 31.9 Å². The van der Waals surface area contributed by atoms with Crippen LogP contribution in [0, 0.1) is 5.41 Å². The number of anilines is 1. The Kier molecular flexibility index (Phi) is 4.96. The number of nitrogens with zero attached hydrogens (tertiary/aromatic N) is 2. The summed E-state index contributed by atoms with van der Waals surface area (Å²) in [6.45, 7) is 5.78. The molecule has 26 heavy (non-hydrogen) atoms. The van der Waals surface area contributed by atoms with E-state index in [-0.39, 0.29) is 11.6 Å². The number of nitrogens with one attached hydrogen (secondary N) is 1. The summed E-state index contributed by atoms with van der Waals surface area (Å²) >= 11 is 0. The van der Waals surface area contributed by atoms with Crippen LogP contribution in [0.3, 0.4) is 0 Å². The van der Waals surface area contributed by atoms with Crippen LogP contribution in [0.2, 0.25) is 0 Å². The summed E-state index contributed by atoms with van der Waals surface area (Å²) in [5.41, 5.74) is -1.57. The van der Waals surface area contributed by atoms with Gasteiger partial charge in [-0.15, -0.1) is 0 Å². The van der Waals surface area contributed by atoms with E-state index in [0.717, 1.165) is 31.8 Å². The zero-order chi connectivity index (χ0) is 18.9. The number of carbonyl (C=O) groups is 2. The van der Waals surface area contributed by atoms with Crippen LogP contribution in [0.4, 0.5) is 18.9 Å². The number of rotatable bonds is 4. The fourth-order valence-electron chi connectivity index (χ4n) is 3.23. The first kappa shape index (κ1) is 18.7. The van der Waals surface area contributed by atoms with Gasteiger partial charge >= 0.3 is 6.18 Å². The Hall–Kier alpha value is -2.09. The monoisotopic (exact) mass is 369 g/mol. The van der Waals surface area contributed by atoms with E-state index in [2.05, 4.69) is 17.1 Å². The van der Waals surface area contributed by atoms with Crippen molar-refractivity contribution in [2.45, 2.75) is 25.9 Å². The second kappa shape index (κ2) is 6.90. The number of piperazine rings is 1. The third-order valence-electron chi connectivity index (χ3n) is 5.17. The molecular formula is C18H22F3N3O2. The molecule has 2 fully saturated rings. The summed E-state index contributed by atoms with van der Waals surface area (Å²) in [4.78, 5) is 29.4. The highest BCUT2D eigenvalue weighted by molar-refractivity contribution is 6.13. The fraction of sp³-hybridized carbons (Fsp3) is 0.556. The lowest BCUT2D eigenvalue weighted by atomic mass is 10.0. The quantitative estimate of drug-likeness (QED) is 0.830. The Morgan fingerprint density at radius 1 is 1.08 bits per heavy atom. The van der Waals surface area contributed by atoms with Crippen molar-refractivity contribution in [2.75, 3.05) is 38.0 Å². The van der Waals surface area contributed by atoms with Gasteiger partial charge in [0.15, 0.2) is 0 Å². The van der Waals surface area contributed by atoms with Gasteiger partial charge in [0.25, 0.3) is 0 Å². The minimum atomic E-state index is -4.42. The summed E-state index contributed by atoms with van der Waals surface area (Å²) < 4.78 is 37.8. The maximum absolute atomic E-state index is 12.8. The third-order valence-corrected chi connectivity index (χ3v) is 5.17. The number of halogens is 3. The lowest BCUT2D eigenvalue weighted by molar-refractivity contribution is -0.143. The molecule has 0 atom stereocenters. The first-order chi connectivity index (χ1) is 12.3. The number of amides is 2. The third kappa shape index (κ3) is 3.70. The number of carbonyl (C=O) groups excluding carboxylic acids is 2. The van der Waals surface area contributed by atoms with E-state index in [1.807, 2.05) is 0 Å². The molecule has 1 saturated carbocycles. The summed E-state index contributed by atoms with van der Waals surface area (Å²) in [5.74, 6) is -0.599. The number of hydrogen-bond acceptors (Lipinski definition) is 3. The predicted molar refractivity (Wildman–Crippen MR) is 90.4 cm³/mol. The van der Waals surface area contributed by atoms with Crippen molar-refractivity contribution in [3.05, 3.63) is 29.8 Å². The Bertz CT molecular complexity index is 676. The molecule has 1 aromatic rings. The van der Waals surface area contributed by atoms with E-state index in [1.165, 1.54) is 12.1 Å². The van der Waals surface area contributed by atoms with Crippen LogP contribution in [0.25, 0.3) is 0 Å². The molecule has 0 unspecified atom stereocenters. The first-order valence-electron chi connectivity index (χ1n) is 8.77. The Morgan fingerprint density at radius 3 is 2.12 bits per heavy atom. The lowest BCUT2D eigenvalue weighted by Gasteiger charge is -2.35. The molecule has 0 spiro atoms. The molecule has 3 rings (SSSR count). The van der Waals surface area contributed by atoms with E-state index in [9.17, 15) is 22.8 Å². The van der Waals surface area contributed by atoms with E-state index in [4.69, 9.17) is 0 Å². The molecule has 0 radical (unpaired) electrons. The average molecular weight is 369 g/mol. The van der Waals surface area contributed by atoms with Crippen LogP contribution in [0.5, 0.6) is 0 Å². The van der Waals surface area contributed by atoms with E-state index in [1.54, 1.807) is 4.90 Å². The van der Waals surface area contributed by atoms with Crippen molar-refractivity contribution in [3.8, 4) is 0 Å². The van der Waals surface area contributed by atoms with Crippen LogP contribution in [0.15, 0.2) is 24.3 Å². The van der Waals surface area contributed by atoms with Gasteiger partial charge in [0.05, 0.1) is 5.56 Å². The van der Waals surface area contributed by atoms with Crippen LogP contribution in [-0.4, -0.2) is 54.3 Å².